The maximum atomic E-state index is 9.99. The van der Waals surface area contributed by atoms with Crippen molar-refractivity contribution in [1.29, 1.82) is 0 Å². The summed E-state index contributed by atoms with van der Waals surface area (Å²) in [6, 6.07) is 6.92. The third-order valence-corrected chi connectivity index (χ3v) is 2.55. The zero-order valence-electron chi connectivity index (χ0n) is 10.4. The van der Waals surface area contributed by atoms with Gasteiger partial charge in [-0.15, -0.1) is 0 Å². The van der Waals surface area contributed by atoms with Crippen molar-refractivity contribution >= 4 is 17.3 Å². The summed E-state index contributed by atoms with van der Waals surface area (Å²) >= 11 is 0. The largest absolute Gasteiger partial charge is 0.281 e. The quantitative estimate of drug-likeness (QED) is 0.676. The summed E-state index contributed by atoms with van der Waals surface area (Å²) in [6.45, 7) is 1.27. The van der Waals surface area contributed by atoms with E-state index in [9.17, 15) is 10.4 Å². The number of aliphatic imine (C=N–C) groups is 1. The second-order valence-electron chi connectivity index (χ2n) is 4.23. The van der Waals surface area contributed by atoms with Gasteiger partial charge in [0, 0.05) is 0 Å². The number of fused-ring (bicyclic) bond motifs is 1. The Morgan fingerprint density at radius 3 is 2.56 bits per heavy atom. The van der Waals surface area contributed by atoms with Gasteiger partial charge in [0.25, 0.3) is 0 Å². The second kappa shape index (κ2) is 5.21. The Kier molecular flexibility index (Phi) is 3.66. The Morgan fingerprint density at radius 1 is 1.22 bits per heavy atom. The standard InChI is InChI=1S/C11H17N5O2/c1-14(2)8-7-12-11-13-16(18)10-6-4-3-5-9(10)15(11)17/h3-6,17-18H,7-8H2,1-2H3,(H,12,13)/q+1. The van der Waals surface area contributed by atoms with Crippen molar-refractivity contribution in [2.45, 2.75) is 0 Å². The molecule has 0 saturated carbocycles. The first-order valence-corrected chi connectivity index (χ1v) is 5.62. The van der Waals surface area contributed by atoms with Crippen LogP contribution in [-0.2, 0) is 0 Å². The summed E-state index contributed by atoms with van der Waals surface area (Å²) in [6.07, 6.45) is 0. The maximum absolute atomic E-state index is 9.99. The van der Waals surface area contributed by atoms with E-state index < -0.39 is 0 Å². The van der Waals surface area contributed by atoms with Crippen LogP contribution in [0.3, 0.4) is 0 Å². The highest BCUT2D eigenvalue weighted by molar-refractivity contribution is 6.00. The number of nitrogens with one attached hydrogen (secondary N) is 1. The number of hydrazine groups is 1. The molecule has 0 saturated heterocycles. The lowest BCUT2D eigenvalue weighted by molar-refractivity contribution is 0.216. The first kappa shape index (κ1) is 12.6. The van der Waals surface area contributed by atoms with Crippen molar-refractivity contribution < 1.29 is 10.4 Å². The number of anilines is 2. The van der Waals surface area contributed by atoms with Gasteiger partial charge in [0.2, 0.25) is 5.96 Å². The molecule has 1 aliphatic heterocycles. The van der Waals surface area contributed by atoms with Crippen LogP contribution in [0.5, 0.6) is 0 Å². The number of nitrogens with zero attached hydrogens (tertiary/aromatic N) is 4. The van der Waals surface area contributed by atoms with Crippen LogP contribution in [0.15, 0.2) is 29.3 Å². The summed E-state index contributed by atoms with van der Waals surface area (Å²) in [5, 5.41) is 21.5. The van der Waals surface area contributed by atoms with Crippen molar-refractivity contribution in [2.24, 2.45) is 4.99 Å². The fourth-order valence-corrected chi connectivity index (χ4v) is 1.60. The van der Waals surface area contributed by atoms with Gasteiger partial charge in [-0.05, 0) is 12.1 Å². The monoisotopic (exact) mass is 251 g/mol. The van der Waals surface area contributed by atoms with Crippen LogP contribution in [0.2, 0.25) is 0 Å². The summed E-state index contributed by atoms with van der Waals surface area (Å²) in [5.41, 5.74) is 3.53. The van der Waals surface area contributed by atoms with Gasteiger partial charge in [-0.25, -0.2) is 10.4 Å². The molecular formula is C11H17N5O2+. The Bertz CT molecular complexity index is 449. The van der Waals surface area contributed by atoms with E-state index in [0.29, 0.717) is 17.9 Å². The summed E-state index contributed by atoms with van der Waals surface area (Å²) in [5.74, 6) is 0.193. The molecule has 0 amide bonds. The average molecular weight is 251 g/mol. The number of likely N-dealkylation sites (N-methyl/N-ethyl adjacent to an activating group) is 1. The SMILES string of the molecule is C[N+](C)CCN=C1NN(O)c2ccccc2N1O. The first-order valence-electron chi connectivity index (χ1n) is 5.62. The molecule has 0 spiro atoms. The maximum Gasteiger partial charge on any atom is 0.244 e. The van der Waals surface area contributed by atoms with Gasteiger partial charge in [0.1, 0.15) is 32.0 Å². The number of rotatable bonds is 3. The Hall–Kier alpha value is -1.83. The third kappa shape index (κ3) is 2.53. The number of hydrogen-bond acceptors (Lipinski definition) is 5. The van der Waals surface area contributed by atoms with Crippen LogP contribution in [-0.4, -0.2) is 43.6 Å². The molecule has 0 atom stereocenters. The van der Waals surface area contributed by atoms with Crippen LogP contribution in [0.1, 0.15) is 0 Å². The molecule has 0 aromatic heterocycles. The minimum atomic E-state index is 0.193. The lowest BCUT2D eigenvalue weighted by Crippen LogP contribution is -2.52. The molecule has 1 aromatic carbocycles. The molecule has 1 aliphatic rings. The van der Waals surface area contributed by atoms with Gasteiger partial charge in [-0.2, -0.15) is 15.1 Å². The van der Waals surface area contributed by atoms with Crippen molar-refractivity contribution in [3.05, 3.63) is 24.3 Å². The summed E-state index contributed by atoms with van der Waals surface area (Å²) in [7, 11) is 3.89. The van der Waals surface area contributed by atoms with E-state index in [1.807, 2.05) is 19.0 Å². The first-order chi connectivity index (χ1) is 8.59. The van der Waals surface area contributed by atoms with E-state index in [2.05, 4.69) is 10.4 Å². The van der Waals surface area contributed by atoms with Crippen molar-refractivity contribution in [3.63, 3.8) is 0 Å². The van der Waals surface area contributed by atoms with E-state index in [0.717, 1.165) is 16.8 Å². The molecule has 18 heavy (non-hydrogen) atoms. The number of hydrogen-bond donors (Lipinski definition) is 3. The predicted octanol–water partition coefficient (Wildman–Crippen LogP) is 0.352. The van der Waals surface area contributed by atoms with Crippen molar-refractivity contribution in [3.8, 4) is 0 Å². The van der Waals surface area contributed by atoms with Crippen LogP contribution in [0, 0.1) is 0 Å². The van der Waals surface area contributed by atoms with Crippen LogP contribution < -0.4 is 20.6 Å². The van der Waals surface area contributed by atoms with Crippen LogP contribution in [0.4, 0.5) is 11.4 Å². The molecule has 0 bridgehead atoms. The van der Waals surface area contributed by atoms with Crippen LogP contribution in [0.25, 0.3) is 0 Å². The Labute approximate surface area is 105 Å². The molecule has 1 radical (unpaired) electrons. The third-order valence-electron chi connectivity index (χ3n) is 2.55. The molecule has 7 heteroatoms. The highest BCUT2D eigenvalue weighted by Gasteiger charge is 2.25. The minimum Gasteiger partial charge on any atom is -0.281 e. The molecule has 0 fully saturated rings. The number of guanidine groups is 1. The van der Waals surface area contributed by atoms with Gasteiger partial charge in [0.05, 0.1) is 6.54 Å². The van der Waals surface area contributed by atoms with E-state index in [4.69, 9.17) is 0 Å². The number of hydroxylamine groups is 1. The molecule has 0 aliphatic carbocycles. The topological polar surface area (TPSA) is 77.2 Å². The van der Waals surface area contributed by atoms with Gasteiger partial charge in [-0.1, -0.05) is 12.1 Å². The molecule has 7 nitrogen and oxygen atoms in total. The summed E-state index contributed by atoms with van der Waals surface area (Å²) in [4.78, 5) is 6.18. The van der Waals surface area contributed by atoms with Gasteiger partial charge >= 0.3 is 0 Å². The van der Waals surface area contributed by atoms with E-state index in [1.54, 1.807) is 24.3 Å². The zero-order chi connectivity index (χ0) is 13.1. The van der Waals surface area contributed by atoms with Crippen LogP contribution >= 0.6 is 0 Å². The fourth-order valence-electron chi connectivity index (χ4n) is 1.60. The molecule has 1 aromatic rings. The molecule has 1 heterocycles. The van der Waals surface area contributed by atoms with Crippen molar-refractivity contribution in [1.82, 2.24) is 10.3 Å². The lowest BCUT2D eigenvalue weighted by atomic mass is 10.2. The molecule has 0 unspecified atom stereocenters. The smallest absolute Gasteiger partial charge is 0.244 e. The average Bonchev–Trinajstić information content (AvgIpc) is 2.35. The minimum absolute atomic E-state index is 0.193. The molecular weight excluding hydrogens is 234 g/mol. The van der Waals surface area contributed by atoms with Crippen molar-refractivity contribution in [2.75, 3.05) is 37.4 Å². The fraction of sp³-hybridized carbons (Fsp3) is 0.364. The summed E-state index contributed by atoms with van der Waals surface area (Å²) < 4.78 is 0. The van der Waals surface area contributed by atoms with Gasteiger partial charge in [-0.3, -0.25) is 10.4 Å². The van der Waals surface area contributed by atoms with Gasteiger partial charge < -0.3 is 0 Å². The lowest BCUT2D eigenvalue weighted by Gasteiger charge is -2.32. The highest BCUT2D eigenvalue weighted by atomic mass is 16.6. The van der Waals surface area contributed by atoms with E-state index in [1.165, 1.54) is 0 Å². The van der Waals surface area contributed by atoms with Gasteiger partial charge in [0.15, 0.2) is 0 Å². The predicted molar refractivity (Wildman–Crippen MR) is 69.3 cm³/mol. The Balaban J connectivity index is 2.17. The highest BCUT2D eigenvalue weighted by Crippen LogP contribution is 2.29. The molecule has 2 rings (SSSR count). The number of para-hydroxylation sites is 2. The Morgan fingerprint density at radius 2 is 1.89 bits per heavy atom. The molecule has 97 valence electrons. The van der Waals surface area contributed by atoms with E-state index in [-0.39, 0.29) is 5.96 Å². The second-order valence-corrected chi connectivity index (χ2v) is 4.23. The molecule has 3 N–H and O–H groups in total. The zero-order valence-corrected chi connectivity index (χ0v) is 10.4. The van der Waals surface area contributed by atoms with E-state index >= 15 is 0 Å². The number of benzene rings is 1. The normalized spacial score (nSPS) is 17.1.